The van der Waals surface area contributed by atoms with Gasteiger partial charge >= 0.3 is 0 Å². The van der Waals surface area contributed by atoms with Crippen LogP contribution in [0.15, 0.2) is 97.6 Å². The van der Waals surface area contributed by atoms with Gasteiger partial charge in [0.05, 0.1) is 23.3 Å². The SMILES string of the molecule is O=C(NCc1ccccc1-n1ccnc1)c1ccccc1Nc1ccccc1. The molecule has 138 valence electrons. The Hall–Kier alpha value is -3.86. The average molecular weight is 368 g/mol. The molecule has 4 rings (SSSR count). The van der Waals surface area contributed by atoms with Gasteiger partial charge in [0.25, 0.3) is 5.91 Å². The zero-order valence-corrected chi connectivity index (χ0v) is 15.2. The molecule has 0 unspecified atom stereocenters. The number of carbonyl (C=O) groups excluding carboxylic acids is 1. The molecule has 2 N–H and O–H groups in total. The predicted octanol–water partition coefficient (Wildman–Crippen LogP) is 4.55. The lowest BCUT2D eigenvalue weighted by molar-refractivity contribution is 0.0952. The Morgan fingerprint density at radius 3 is 2.46 bits per heavy atom. The van der Waals surface area contributed by atoms with Crippen molar-refractivity contribution in [1.82, 2.24) is 14.9 Å². The van der Waals surface area contributed by atoms with Gasteiger partial charge in [-0.2, -0.15) is 0 Å². The largest absolute Gasteiger partial charge is 0.355 e. The monoisotopic (exact) mass is 368 g/mol. The Balaban J connectivity index is 1.51. The maximum absolute atomic E-state index is 12.9. The third-order valence-electron chi connectivity index (χ3n) is 4.44. The molecule has 0 saturated carbocycles. The molecule has 0 radical (unpaired) electrons. The van der Waals surface area contributed by atoms with Crippen molar-refractivity contribution in [2.45, 2.75) is 6.54 Å². The van der Waals surface area contributed by atoms with Crippen molar-refractivity contribution in [2.75, 3.05) is 5.32 Å². The molecule has 0 atom stereocenters. The van der Waals surface area contributed by atoms with Crippen molar-refractivity contribution in [1.29, 1.82) is 0 Å². The number of imidazole rings is 1. The van der Waals surface area contributed by atoms with Gasteiger partial charge in [0.1, 0.15) is 0 Å². The Morgan fingerprint density at radius 1 is 0.893 bits per heavy atom. The summed E-state index contributed by atoms with van der Waals surface area (Å²) in [5.74, 6) is -0.125. The van der Waals surface area contributed by atoms with E-state index >= 15 is 0 Å². The van der Waals surface area contributed by atoms with E-state index in [0.29, 0.717) is 12.1 Å². The number of aromatic nitrogens is 2. The van der Waals surface area contributed by atoms with Crippen LogP contribution in [0, 0.1) is 0 Å². The van der Waals surface area contributed by atoms with E-state index in [0.717, 1.165) is 22.6 Å². The van der Waals surface area contributed by atoms with Crippen LogP contribution < -0.4 is 10.6 Å². The van der Waals surface area contributed by atoms with Crippen molar-refractivity contribution < 1.29 is 4.79 Å². The van der Waals surface area contributed by atoms with Crippen LogP contribution in [0.3, 0.4) is 0 Å². The van der Waals surface area contributed by atoms with E-state index in [1.165, 1.54) is 0 Å². The minimum atomic E-state index is -0.125. The highest BCUT2D eigenvalue weighted by molar-refractivity contribution is 6.00. The van der Waals surface area contributed by atoms with Crippen molar-refractivity contribution in [2.24, 2.45) is 0 Å². The minimum Gasteiger partial charge on any atom is -0.355 e. The zero-order valence-electron chi connectivity index (χ0n) is 15.2. The molecule has 0 aliphatic carbocycles. The number of carbonyl (C=O) groups is 1. The van der Waals surface area contributed by atoms with E-state index < -0.39 is 0 Å². The molecule has 3 aromatic carbocycles. The summed E-state index contributed by atoms with van der Waals surface area (Å²) in [4.78, 5) is 17.0. The quantitative estimate of drug-likeness (QED) is 0.525. The second-order valence-corrected chi connectivity index (χ2v) is 6.32. The van der Waals surface area contributed by atoms with Crippen molar-refractivity contribution in [3.63, 3.8) is 0 Å². The lowest BCUT2D eigenvalue weighted by Gasteiger charge is -2.14. The summed E-state index contributed by atoms with van der Waals surface area (Å²) in [5.41, 5.74) is 4.33. The zero-order chi connectivity index (χ0) is 19.2. The molecule has 1 heterocycles. The van der Waals surface area contributed by atoms with Crippen LogP contribution in [-0.2, 0) is 6.54 Å². The highest BCUT2D eigenvalue weighted by Gasteiger charge is 2.12. The standard InChI is InChI=1S/C23H20N4O/c28-23(20-11-5-6-12-21(20)26-19-9-2-1-3-10-19)25-16-18-8-4-7-13-22(18)27-15-14-24-17-27/h1-15,17,26H,16H2,(H,25,28). The summed E-state index contributed by atoms with van der Waals surface area (Å²) < 4.78 is 1.94. The first-order chi connectivity index (χ1) is 13.8. The Kier molecular flexibility index (Phi) is 5.15. The van der Waals surface area contributed by atoms with Crippen LogP contribution in [-0.4, -0.2) is 15.5 Å². The van der Waals surface area contributed by atoms with Gasteiger partial charge in [-0.3, -0.25) is 4.79 Å². The summed E-state index contributed by atoms with van der Waals surface area (Å²) in [6.45, 7) is 0.423. The van der Waals surface area contributed by atoms with Crippen LogP contribution in [0.25, 0.3) is 5.69 Å². The van der Waals surface area contributed by atoms with Gasteiger partial charge in [0.15, 0.2) is 0 Å². The molecule has 5 heteroatoms. The number of hydrogen-bond acceptors (Lipinski definition) is 3. The Morgan fingerprint density at radius 2 is 1.64 bits per heavy atom. The molecule has 0 spiro atoms. The van der Waals surface area contributed by atoms with Gasteiger partial charge in [0, 0.05) is 24.6 Å². The summed E-state index contributed by atoms with van der Waals surface area (Å²) in [6, 6.07) is 25.3. The highest BCUT2D eigenvalue weighted by Crippen LogP contribution is 2.21. The number of amides is 1. The van der Waals surface area contributed by atoms with Gasteiger partial charge in [-0.25, -0.2) is 4.98 Å². The minimum absolute atomic E-state index is 0.125. The van der Waals surface area contributed by atoms with E-state index in [4.69, 9.17) is 0 Å². The molecule has 1 amide bonds. The fourth-order valence-electron chi connectivity index (χ4n) is 3.05. The van der Waals surface area contributed by atoms with Crippen LogP contribution in [0.2, 0.25) is 0 Å². The van der Waals surface area contributed by atoms with Crippen molar-refractivity contribution in [3.05, 3.63) is 109 Å². The van der Waals surface area contributed by atoms with Gasteiger partial charge < -0.3 is 15.2 Å². The number of para-hydroxylation sites is 3. The van der Waals surface area contributed by atoms with E-state index in [9.17, 15) is 4.79 Å². The number of nitrogens with one attached hydrogen (secondary N) is 2. The summed E-state index contributed by atoms with van der Waals surface area (Å²) >= 11 is 0. The van der Waals surface area contributed by atoms with Gasteiger partial charge in [-0.05, 0) is 35.9 Å². The molecule has 0 bridgehead atoms. The first kappa shape index (κ1) is 17.5. The van der Waals surface area contributed by atoms with Crippen molar-refractivity contribution >= 4 is 17.3 Å². The summed E-state index contributed by atoms with van der Waals surface area (Å²) in [6.07, 6.45) is 5.38. The second kappa shape index (κ2) is 8.22. The highest BCUT2D eigenvalue weighted by atomic mass is 16.1. The van der Waals surface area contributed by atoms with Gasteiger partial charge in [-0.1, -0.05) is 48.5 Å². The number of benzene rings is 3. The molecule has 4 aromatic rings. The van der Waals surface area contributed by atoms with E-state index in [2.05, 4.69) is 15.6 Å². The molecule has 0 fully saturated rings. The molecule has 5 nitrogen and oxygen atoms in total. The van der Waals surface area contributed by atoms with Crippen LogP contribution in [0.5, 0.6) is 0 Å². The van der Waals surface area contributed by atoms with Crippen LogP contribution >= 0.6 is 0 Å². The Bertz CT molecular complexity index is 1060. The number of nitrogens with zero attached hydrogens (tertiary/aromatic N) is 2. The maximum Gasteiger partial charge on any atom is 0.253 e. The van der Waals surface area contributed by atoms with Gasteiger partial charge in [0.2, 0.25) is 0 Å². The average Bonchev–Trinajstić information content (AvgIpc) is 3.28. The third kappa shape index (κ3) is 3.94. The molecule has 28 heavy (non-hydrogen) atoms. The number of rotatable bonds is 6. The lowest BCUT2D eigenvalue weighted by atomic mass is 10.1. The molecule has 0 saturated heterocycles. The molecule has 1 aromatic heterocycles. The van der Waals surface area contributed by atoms with E-state index in [1.807, 2.05) is 89.6 Å². The predicted molar refractivity (Wildman–Crippen MR) is 111 cm³/mol. The summed E-state index contributed by atoms with van der Waals surface area (Å²) in [7, 11) is 0. The first-order valence-electron chi connectivity index (χ1n) is 9.07. The molecular formula is C23H20N4O. The maximum atomic E-state index is 12.9. The number of hydrogen-bond donors (Lipinski definition) is 2. The normalized spacial score (nSPS) is 10.4. The van der Waals surface area contributed by atoms with Crippen LogP contribution in [0.1, 0.15) is 15.9 Å². The smallest absolute Gasteiger partial charge is 0.253 e. The van der Waals surface area contributed by atoms with Gasteiger partial charge in [-0.15, -0.1) is 0 Å². The fourth-order valence-corrected chi connectivity index (χ4v) is 3.05. The topological polar surface area (TPSA) is 59.0 Å². The number of anilines is 2. The lowest BCUT2D eigenvalue weighted by Crippen LogP contribution is -2.24. The first-order valence-corrected chi connectivity index (χ1v) is 9.07. The Labute approximate surface area is 163 Å². The van der Waals surface area contributed by atoms with E-state index in [1.54, 1.807) is 12.5 Å². The molecule has 0 aliphatic heterocycles. The second-order valence-electron chi connectivity index (χ2n) is 6.32. The summed E-state index contributed by atoms with van der Waals surface area (Å²) in [5, 5.41) is 6.34. The van der Waals surface area contributed by atoms with Crippen molar-refractivity contribution in [3.8, 4) is 5.69 Å². The fraction of sp³-hybridized carbons (Fsp3) is 0.0435. The van der Waals surface area contributed by atoms with E-state index in [-0.39, 0.29) is 5.91 Å². The van der Waals surface area contributed by atoms with Crippen LogP contribution in [0.4, 0.5) is 11.4 Å². The molecular weight excluding hydrogens is 348 g/mol. The molecule has 0 aliphatic rings. The third-order valence-corrected chi connectivity index (χ3v) is 4.44.